The predicted molar refractivity (Wildman–Crippen MR) is 59.4 cm³/mol. The summed E-state index contributed by atoms with van der Waals surface area (Å²) in [7, 11) is 4.37. The van der Waals surface area contributed by atoms with Gasteiger partial charge in [0.25, 0.3) is 0 Å². The third-order valence-electron chi connectivity index (χ3n) is 3.51. The van der Waals surface area contributed by atoms with Crippen LogP contribution < -0.4 is 0 Å². The van der Waals surface area contributed by atoms with Gasteiger partial charge in [0.2, 0.25) is 0 Å². The van der Waals surface area contributed by atoms with Crippen LogP contribution in [0.5, 0.6) is 0 Å². The minimum Gasteiger partial charge on any atom is -0.306 e. The Kier molecular flexibility index (Phi) is 4.06. The van der Waals surface area contributed by atoms with Gasteiger partial charge in [0, 0.05) is 11.9 Å². The second-order valence-corrected chi connectivity index (χ2v) is 4.88. The first-order chi connectivity index (χ1) is 6.16. The van der Waals surface area contributed by atoms with Gasteiger partial charge in [-0.05, 0) is 38.8 Å². The Bertz CT molecular complexity index is 147. The lowest BCUT2D eigenvalue weighted by molar-refractivity contribution is 0.0371. The van der Waals surface area contributed by atoms with Crippen molar-refractivity contribution in [3.05, 3.63) is 0 Å². The molecule has 1 unspecified atom stereocenters. The van der Waals surface area contributed by atoms with Crippen molar-refractivity contribution in [1.82, 2.24) is 4.90 Å². The minimum atomic E-state index is 0.446. The molecule has 0 spiro atoms. The van der Waals surface area contributed by atoms with Crippen molar-refractivity contribution in [3.63, 3.8) is 0 Å². The van der Waals surface area contributed by atoms with E-state index in [9.17, 15) is 0 Å². The van der Waals surface area contributed by atoms with Crippen molar-refractivity contribution in [2.24, 2.45) is 5.41 Å². The monoisotopic (exact) mass is 203 g/mol. The third kappa shape index (κ3) is 2.19. The summed E-state index contributed by atoms with van der Waals surface area (Å²) < 4.78 is 0. The maximum absolute atomic E-state index is 6.11. The zero-order valence-corrected chi connectivity index (χ0v) is 9.90. The standard InChI is InChI=1S/C11H22ClN/c1-4-6-10(13(2)3)11(9-12)7-5-8-11/h10H,4-9H2,1-3H3. The summed E-state index contributed by atoms with van der Waals surface area (Å²) in [6.45, 7) is 2.26. The zero-order valence-electron chi connectivity index (χ0n) is 9.15. The van der Waals surface area contributed by atoms with Crippen molar-refractivity contribution in [2.45, 2.75) is 45.1 Å². The lowest BCUT2D eigenvalue weighted by Gasteiger charge is -2.49. The van der Waals surface area contributed by atoms with Crippen LogP contribution in [0, 0.1) is 5.41 Å². The van der Waals surface area contributed by atoms with Crippen LogP contribution in [0.1, 0.15) is 39.0 Å². The van der Waals surface area contributed by atoms with E-state index in [0.717, 1.165) is 5.88 Å². The molecule has 0 aromatic heterocycles. The number of rotatable bonds is 5. The van der Waals surface area contributed by atoms with Crippen molar-refractivity contribution in [1.29, 1.82) is 0 Å². The van der Waals surface area contributed by atoms with E-state index in [2.05, 4.69) is 25.9 Å². The predicted octanol–water partition coefficient (Wildman–Crippen LogP) is 3.13. The van der Waals surface area contributed by atoms with Crippen LogP contribution >= 0.6 is 11.6 Å². The van der Waals surface area contributed by atoms with E-state index in [1.54, 1.807) is 0 Å². The first-order valence-electron chi connectivity index (χ1n) is 5.38. The summed E-state index contributed by atoms with van der Waals surface area (Å²) in [5.74, 6) is 0.843. The van der Waals surface area contributed by atoms with E-state index >= 15 is 0 Å². The molecule has 2 heteroatoms. The van der Waals surface area contributed by atoms with Gasteiger partial charge in [0.15, 0.2) is 0 Å². The maximum Gasteiger partial charge on any atom is 0.0294 e. The molecule has 1 rings (SSSR count). The number of hydrogen-bond acceptors (Lipinski definition) is 1. The summed E-state index contributed by atoms with van der Waals surface area (Å²) in [5.41, 5.74) is 0.446. The van der Waals surface area contributed by atoms with Gasteiger partial charge in [-0.1, -0.05) is 19.8 Å². The first kappa shape index (κ1) is 11.3. The summed E-state index contributed by atoms with van der Waals surface area (Å²) in [6.07, 6.45) is 6.60. The van der Waals surface area contributed by atoms with Crippen LogP contribution in [0.15, 0.2) is 0 Å². The molecule has 1 aliphatic rings. The highest BCUT2D eigenvalue weighted by Gasteiger charge is 2.43. The fourth-order valence-electron chi connectivity index (χ4n) is 2.57. The molecule has 1 atom stereocenters. The number of hydrogen-bond donors (Lipinski definition) is 0. The Balaban J connectivity index is 2.61. The molecule has 0 radical (unpaired) electrons. The second-order valence-electron chi connectivity index (χ2n) is 4.62. The van der Waals surface area contributed by atoms with E-state index in [1.807, 2.05) is 0 Å². The van der Waals surface area contributed by atoms with Crippen molar-refractivity contribution in [3.8, 4) is 0 Å². The smallest absolute Gasteiger partial charge is 0.0294 e. The topological polar surface area (TPSA) is 3.24 Å². The van der Waals surface area contributed by atoms with Gasteiger partial charge in [-0.25, -0.2) is 0 Å². The van der Waals surface area contributed by atoms with Crippen LogP contribution in [0.3, 0.4) is 0 Å². The quantitative estimate of drug-likeness (QED) is 0.621. The molecule has 1 fully saturated rings. The van der Waals surface area contributed by atoms with Crippen LogP contribution in [-0.2, 0) is 0 Å². The average molecular weight is 204 g/mol. The fraction of sp³-hybridized carbons (Fsp3) is 1.00. The normalized spacial score (nSPS) is 22.8. The van der Waals surface area contributed by atoms with Gasteiger partial charge in [0.1, 0.15) is 0 Å². The Morgan fingerprint density at radius 1 is 1.38 bits per heavy atom. The molecular weight excluding hydrogens is 182 g/mol. The van der Waals surface area contributed by atoms with Crippen molar-refractivity contribution in [2.75, 3.05) is 20.0 Å². The summed E-state index contributed by atoms with van der Waals surface area (Å²) >= 11 is 6.11. The molecule has 0 aromatic rings. The molecule has 1 aliphatic carbocycles. The molecule has 78 valence electrons. The lowest BCUT2D eigenvalue weighted by atomic mass is 9.64. The van der Waals surface area contributed by atoms with Crippen LogP contribution in [-0.4, -0.2) is 30.9 Å². The van der Waals surface area contributed by atoms with Gasteiger partial charge in [-0.15, -0.1) is 11.6 Å². The molecule has 1 nitrogen and oxygen atoms in total. The SMILES string of the molecule is CCCC(N(C)C)C1(CCl)CCC1. The molecule has 1 saturated carbocycles. The fourth-order valence-corrected chi connectivity index (χ4v) is 3.02. The van der Waals surface area contributed by atoms with E-state index in [1.165, 1.54) is 32.1 Å². The lowest BCUT2D eigenvalue weighted by Crippen LogP contribution is -2.50. The number of nitrogens with zero attached hydrogens (tertiary/aromatic N) is 1. The van der Waals surface area contributed by atoms with E-state index in [-0.39, 0.29) is 0 Å². The molecule has 0 amide bonds. The third-order valence-corrected chi connectivity index (χ3v) is 4.04. The summed E-state index contributed by atoms with van der Waals surface area (Å²) in [6, 6.07) is 0.698. The van der Waals surface area contributed by atoms with E-state index < -0.39 is 0 Å². The molecular formula is C11H22ClN. The van der Waals surface area contributed by atoms with Crippen LogP contribution in [0.2, 0.25) is 0 Å². The van der Waals surface area contributed by atoms with E-state index in [0.29, 0.717) is 11.5 Å². The van der Waals surface area contributed by atoms with Crippen LogP contribution in [0.25, 0.3) is 0 Å². The van der Waals surface area contributed by atoms with Gasteiger partial charge < -0.3 is 4.90 Å². The zero-order chi connectivity index (χ0) is 9.90. The van der Waals surface area contributed by atoms with Gasteiger partial charge in [0.05, 0.1) is 0 Å². The average Bonchev–Trinajstić information content (AvgIpc) is 2.01. The summed E-state index contributed by atoms with van der Waals surface area (Å²) in [5, 5.41) is 0. The second kappa shape index (κ2) is 4.65. The van der Waals surface area contributed by atoms with Gasteiger partial charge >= 0.3 is 0 Å². The number of alkyl halides is 1. The Morgan fingerprint density at radius 2 is 2.00 bits per heavy atom. The van der Waals surface area contributed by atoms with Gasteiger partial charge in [-0.2, -0.15) is 0 Å². The molecule has 0 saturated heterocycles. The number of halogens is 1. The largest absolute Gasteiger partial charge is 0.306 e. The van der Waals surface area contributed by atoms with Gasteiger partial charge in [-0.3, -0.25) is 0 Å². The van der Waals surface area contributed by atoms with Crippen LogP contribution in [0.4, 0.5) is 0 Å². The molecule has 13 heavy (non-hydrogen) atoms. The molecule has 0 aromatic carbocycles. The highest BCUT2D eigenvalue weighted by molar-refractivity contribution is 6.18. The Labute approximate surface area is 87.4 Å². The first-order valence-corrected chi connectivity index (χ1v) is 5.92. The highest BCUT2D eigenvalue weighted by atomic mass is 35.5. The minimum absolute atomic E-state index is 0.446. The van der Waals surface area contributed by atoms with Crippen molar-refractivity contribution >= 4 is 11.6 Å². The Hall–Kier alpha value is 0.250. The molecule has 0 heterocycles. The van der Waals surface area contributed by atoms with Crippen molar-refractivity contribution < 1.29 is 0 Å². The molecule has 0 bridgehead atoms. The van der Waals surface area contributed by atoms with E-state index in [4.69, 9.17) is 11.6 Å². The Morgan fingerprint density at radius 3 is 2.23 bits per heavy atom. The molecule has 0 aliphatic heterocycles. The maximum atomic E-state index is 6.11. The highest BCUT2D eigenvalue weighted by Crippen LogP contribution is 2.47. The summed E-state index contributed by atoms with van der Waals surface area (Å²) in [4.78, 5) is 2.37. The molecule has 0 N–H and O–H groups in total.